The van der Waals surface area contributed by atoms with E-state index in [0.717, 1.165) is 24.3 Å². The highest BCUT2D eigenvalue weighted by atomic mass is 32.1. The first kappa shape index (κ1) is 15.0. The number of thiophene rings is 1. The summed E-state index contributed by atoms with van der Waals surface area (Å²) in [5.41, 5.74) is 0. The van der Waals surface area contributed by atoms with Crippen molar-refractivity contribution < 1.29 is 19.4 Å². The van der Waals surface area contributed by atoms with Gasteiger partial charge in [0.15, 0.2) is 0 Å². The van der Waals surface area contributed by atoms with E-state index in [0.29, 0.717) is 13.1 Å². The number of rotatable bonds is 7. The molecule has 110 valence electrons. The second-order valence-corrected chi connectivity index (χ2v) is 5.91. The Hall–Kier alpha value is -1.40. The van der Waals surface area contributed by atoms with Gasteiger partial charge in [-0.2, -0.15) is 0 Å². The number of amides is 1. The van der Waals surface area contributed by atoms with Crippen molar-refractivity contribution in [2.45, 2.75) is 38.3 Å². The Bertz CT molecular complexity index is 440. The first-order valence-electron chi connectivity index (χ1n) is 6.78. The number of aliphatic carboxylic acids is 1. The monoisotopic (exact) mass is 297 g/mol. The zero-order valence-electron chi connectivity index (χ0n) is 11.3. The van der Waals surface area contributed by atoms with Crippen LogP contribution in [0.15, 0.2) is 17.5 Å². The van der Waals surface area contributed by atoms with E-state index in [9.17, 15) is 9.59 Å². The Morgan fingerprint density at radius 3 is 2.90 bits per heavy atom. The van der Waals surface area contributed by atoms with Gasteiger partial charge >= 0.3 is 5.97 Å². The number of carbonyl (C=O) groups is 2. The second-order valence-electron chi connectivity index (χ2n) is 4.88. The Morgan fingerprint density at radius 2 is 2.30 bits per heavy atom. The third-order valence-corrected chi connectivity index (χ3v) is 4.14. The summed E-state index contributed by atoms with van der Waals surface area (Å²) in [4.78, 5) is 25.6. The van der Waals surface area contributed by atoms with Crippen LogP contribution in [0.1, 0.15) is 30.6 Å². The zero-order chi connectivity index (χ0) is 14.4. The number of carbonyl (C=O) groups excluding carboxylic acids is 1. The van der Waals surface area contributed by atoms with Crippen LogP contribution in [0.4, 0.5) is 0 Å². The summed E-state index contributed by atoms with van der Waals surface area (Å²) in [6, 6.07) is 3.93. The van der Waals surface area contributed by atoms with E-state index in [-0.39, 0.29) is 24.9 Å². The van der Waals surface area contributed by atoms with Crippen molar-refractivity contribution in [1.29, 1.82) is 0 Å². The van der Waals surface area contributed by atoms with Crippen LogP contribution in [0.25, 0.3) is 0 Å². The molecule has 1 aromatic heterocycles. The van der Waals surface area contributed by atoms with Crippen molar-refractivity contribution in [3.05, 3.63) is 22.4 Å². The molecule has 0 radical (unpaired) electrons. The van der Waals surface area contributed by atoms with Gasteiger partial charge in [-0.3, -0.25) is 9.59 Å². The van der Waals surface area contributed by atoms with E-state index in [4.69, 9.17) is 9.84 Å². The standard InChI is InChI=1S/C14H19NO4S/c16-13(5-6-14(17)18)15(9-11-3-1-7-19-11)10-12-4-2-8-20-12/h2,4,8,11H,1,3,5-7,9-10H2,(H,17,18). The fourth-order valence-corrected chi connectivity index (χ4v) is 2.97. The third-order valence-electron chi connectivity index (χ3n) is 3.28. The van der Waals surface area contributed by atoms with E-state index in [2.05, 4.69) is 0 Å². The van der Waals surface area contributed by atoms with Crippen molar-refractivity contribution in [1.82, 2.24) is 4.90 Å². The summed E-state index contributed by atoms with van der Waals surface area (Å²) < 4.78 is 5.57. The summed E-state index contributed by atoms with van der Waals surface area (Å²) in [5.74, 6) is -1.05. The molecule has 1 N–H and O–H groups in total. The van der Waals surface area contributed by atoms with Crippen LogP contribution >= 0.6 is 11.3 Å². The fourth-order valence-electron chi connectivity index (χ4n) is 2.25. The van der Waals surface area contributed by atoms with Gasteiger partial charge in [0.05, 0.1) is 19.1 Å². The van der Waals surface area contributed by atoms with E-state index in [1.54, 1.807) is 16.2 Å². The first-order chi connectivity index (χ1) is 9.65. The number of carboxylic acids is 1. The van der Waals surface area contributed by atoms with Crippen molar-refractivity contribution >= 4 is 23.2 Å². The highest BCUT2D eigenvalue weighted by molar-refractivity contribution is 7.09. The van der Waals surface area contributed by atoms with Gasteiger partial charge in [-0.25, -0.2) is 0 Å². The van der Waals surface area contributed by atoms with Crippen molar-refractivity contribution in [2.75, 3.05) is 13.2 Å². The van der Waals surface area contributed by atoms with Gasteiger partial charge in [-0.15, -0.1) is 11.3 Å². The van der Waals surface area contributed by atoms with Crippen LogP contribution in [0, 0.1) is 0 Å². The Kier molecular flexibility index (Phi) is 5.55. The van der Waals surface area contributed by atoms with Gasteiger partial charge in [0, 0.05) is 24.4 Å². The van der Waals surface area contributed by atoms with Crippen LogP contribution in [0.3, 0.4) is 0 Å². The lowest BCUT2D eigenvalue weighted by molar-refractivity contribution is -0.141. The number of nitrogens with zero attached hydrogens (tertiary/aromatic N) is 1. The summed E-state index contributed by atoms with van der Waals surface area (Å²) in [7, 11) is 0. The molecule has 1 aromatic rings. The summed E-state index contributed by atoms with van der Waals surface area (Å²) in [5, 5.41) is 10.7. The molecule has 1 fully saturated rings. The fraction of sp³-hybridized carbons (Fsp3) is 0.571. The lowest BCUT2D eigenvalue weighted by Crippen LogP contribution is -2.36. The first-order valence-corrected chi connectivity index (χ1v) is 7.66. The molecule has 6 heteroatoms. The van der Waals surface area contributed by atoms with Gasteiger partial charge < -0.3 is 14.7 Å². The molecule has 1 aliphatic rings. The predicted octanol–water partition coefficient (Wildman–Crippen LogP) is 2.12. The Balaban J connectivity index is 1.94. The molecule has 1 amide bonds. The molecule has 0 saturated carbocycles. The molecule has 5 nitrogen and oxygen atoms in total. The van der Waals surface area contributed by atoms with Gasteiger partial charge in [0.25, 0.3) is 0 Å². The van der Waals surface area contributed by atoms with Gasteiger partial charge in [0.1, 0.15) is 0 Å². The molecule has 0 aromatic carbocycles. The lowest BCUT2D eigenvalue weighted by atomic mass is 10.2. The molecule has 0 spiro atoms. The smallest absolute Gasteiger partial charge is 0.303 e. The predicted molar refractivity (Wildman–Crippen MR) is 75.6 cm³/mol. The highest BCUT2D eigenvalue weighted by Crippen LogP contribution is 2.18. The maximum absolute atomic E-state index is 12.2. The largest absolute Gasteiger partial charge is 0.481 e. The summed E-state index contributed by atoms with van der Waals surface area (Å²) in [6.07, 6.45) is 2.01. The average molecular weight is 297 g/mol. The molecule has 1 aliphatic heterocycles. The quantitative estimate of drug-likeness (QED) is 0.837. The van der Waals surface area contributed by atoms with Crippen molar-refractivity contribution in [2.24, 2.45) is 0 Å². The lowest BCUT2D eigenvalue weighted by Gasteiger charge is -2.25. The van der Waals surface area contributed by atoms with Gasteiger partial charge in [-0.05, 0) is 24.3 Å². The minimum Gasteiger partial charge on any atom is -0.481 e. The molecule has 1 atom stereocenters. The van der Waals surface area contributed by atoms with E-state index < -0.39 is 5.97 Å². The molecule has 1 saturated heterocycles. The molecular weight excluding hydrogens is 278 g/mol. The minimum atomic E-state index is -0.938. The molecule has 2 heterocycles. The maximum atomic E-state index is 12.2. The molecule has 20 heavy (non-hydrogen) atoms. The van der Waals surface area contributed by atoms with Crippen LogP contribution < -0.4 is 0 Å². The zero-order valence-corrected chi connectivity index (χ0v) is 12.1. The molecule has 2 rings (SSSR count). The molecule has 0 aliphatic carbocycles. The molecule has 0 bridgehead atoms. The minimum absolute atomic E-state index is 0.0490. The normalized spacial score (nSPS) is 18.1. The SMILES string of the molecule is O=C(O)CCC(=O)N(Cc1cccs1)CC1CCCO1. The van der Waals surface area contributed by atoms with E-state index in [1.165, 1.54) is 0 Å². The van der Waals surface area contributed by atoms with Crippen LogP contribution in [-0.4, -0.2) is 41.1 Å². The number of hydrogen-bond donors (Lipinski definition) is 1. The van der Waals surface area contributed by atoms with E-state index >= 15 is 0 Å². The number of ether oxygens (including phenoxy) is 1. The highest BCUT2D eigenvalue weighted by Gasteiger charge is 2.23. The van der Waals surface area contributed by atoms with Crippen molar-refractivity contribution in [3.63, 3.8) is 0 Å². The van der Waals surface area contributed by atoms with Crippen molar-refractivity contribution in [3.8, 4) is 0 Å². The van der Waals surface area contributed by atoms with Gasteiger partial charge in [0.2, 0.25) is 5.91 Å². The molecule has 1 unspecified atom stereocenters. The topological polar surface area (TPSA) is 66.8 Å². The molecular formula is C14H19NO4S. The van der Waals surface area contributed by atoms with E-state index in [1.807, 2.05) is 17.5 Å². The Morgan fingerprint density at radius 1 is 1.45 bits per heavy atom. The van der Waals surface area contributed by atoms with Gasteiger partial charge in [-0.1, -0.05) is 6.07 Å². The number of carboxylic acid groups (broad SMARTS) is 1. The number of hydrogen-bond acceptors (Lipinski definition) is 4. The second kappa shape index (κ2) is 7.40. The summed E-state index contributed by atoms with van der Waals surface area (Å²) in [6.45, 7) is 1.84. The third kappa shape index (κ3) is 4.61. The van der Waals surface area contributed by atoms with Crippen LogP contribution in [0.2, 0.25) is 0 Å². The van der Waals surface area contributed by atoms with Crippen LogP contribution in [-0.2, 0) is 20.9 Å². The Labute approximate surface area is 122 Å². The summed E-state index contributed by atoms with van der Waals surface area (Å²) >= 11 is 1.60. The van der Waals surface area contributed by atoms with Crippen LogP contribution in [0.5, 0.6) is 0 Å². The average Bonchev–Trinajstić information content (AvgIpc) is 3.08. The maximum Gasteiger partial charge on any atom is 0.303 e.